The number of aromatic nitrogens is 2. The van der Waals surface area contributed by atoms with E-state index in [1.54, 1.807) is 6.07 Å². The molecule has 1 heterocycles. The summed E-state index contributed by atoms with van der Waals surface area (Å²) in [5, 5.41) is 11.7. The summed E-state index contributed by atoms with van der Waals surface area (Å²) in [5.41, 5.74) is 2.16. The second kappa shape index (κ2) is 6.58. The number of alkyl halides is 1. The molecule has 1 aromatic heterocycles. The summed E-state index contributed by atoms with van der Waals surface area (Å²) < 4.78 is 0. The minimum atomic E-state index is -0.0594. The van der Waals surface area contributed by atoms with Crippen LogP contribution in [0.4, 0.5) is 0 Å². The van der Waals surface area contributed by atoms with Crippen LogP contribution in [0.2, 0.25) is 0 Å². The van der Waals surface area contributed by atoms with Gasteiger partial charge in [0.15, 0.2) is 0 Å². The van der Waals surface area contributed by atoms with Crippen LogP contribution in [0, 0.1) is 6.92 Å². The first-order valence-electron chi connectivity index (χ1n) is 5.36. The van der Waals surface area contributed by atoms with Gasteiger partial charge in [-0.25, -0.2) is 0 Å². The van der Waals surface area contributed by atoms with E-state index in [0.717, 1.165) is 23.1 Å². The minimum Gasteiger partial charge on any atom is -0.352 e. The zero-order valence-corrected chi connectivity index (χ0v) is 11.2. The van der Waals surface area contributed by atoms with Gasteiger partial charge in [0.2, 0.25) is 0 Å². The highest BCUT2D eigenvalue weighted by molar-refractivity contribution is 9.09. The molecule has 0 radical (unpaired) electrons. The molecule has 4 nitrogen and oxygen atoms in total. The van der Waals surface area contributed by atoms with Gasteiger partial charge in [0.1, 0.15) is 0 Å². The van der Waals surface area contributed by atoms with Crippen molar-refractivity contribution in [3.05, 3.63) is 23.0 Å². The highest BCUT2D eigenvalue weighted by Crippen LogP contribution is 2.07. The van der Waals surface area contributed by atoms with Crippen molar-refractivity contribution in [2.24, 2.45) is 0 Å². The predicted molar refractivity (Wildman–Crippen MR) is 66.9 cm³/mol. The maximum Gasteiger partial charge on any atom is 0.253 e. The maximum atomic E-state index is 11.9. The largest absolute Gasteiger partial charge is 0.352 e. The Bertz CT molecular complexity index is 368. The van der Waals surface area contributed by atoms with Crippen LogP contribution in [-0.4, -0.2) is 28.0 Å². The molecule has 0 fully saturated rings. The van der Waals surface area contributed by atoms with E-state index in [9.17, 15) is 4.79 Å². The number of nitrogens with zero attached hydrogens (tertiary/aromatic N) is 2. The third-order valence-corrected chi connectivity index (χ3v) is 2.73. The number of nitrogens with one attached hydrogen (secondary N) is 1. The van der Waals surface area contributed by atoms with E-state index in [0.29, 0.717) is 18.5 Å². The molecule has 16 heavy (non-hydrogen) atoms. The molecule has 1 rings (SSSR count). The summed E-state index contributed by atoms with van der Waals surface area (Å²) >= 11 is 3.32. The molecule has 5 heteroatoms. The zero-order chi connectivity index (χ0) is 12.0. The predicted octanol–water partition coefficient (Wildman–Crippen LogP) is 1.86. The molecule has 88 valence electrons. The lowest BCUT2D eigenvalue weighted by atomic mass is 10.1. The maximum absolute atomic E-state index is 11.9. The highest BCUT2D eigenvalue weighted by Gasteiger charge is 2.11. The number of halogens is 1. The van der Waals surface area contributed by atoms with Gasteiger partial charge in [-0.1, -0.05) is 22.9 Å². The van der Waals surface area contributed by atoms with E-state index >= 15 is 0 Å². The molecule has 1 aromatic rings. The van der Waals surface area contributed by atoms with Gasteiger partial charge in [-0.3, -0.25) is 4.79 Å². The van der Waals surface area contributed by atoms with E-state index in [1.807, 2.05) is 13.8 Å². The van der Waals surface area contributed by atoms with Gasteiger partial charge in [0.25, 0.3) is 5.91 Å². The van der Waals surface area contributed by atoms with Crippen molar-refractivity contribution < 1.29 is 4.79 Å². The van der Waals surface area contributed by atoms with Crippen molar-refractivity contribution >= 4 is 21.8 Å². The van der Waals surface area contributed by atoms with Crippen LogP contribution in [0.1, 0.15) is 35.1 Å². The van der Waals surface area contributed by atoms with Crippen molar-refractivity contribution in [3.8, 4) is 0 Å². The SMILES string of the molecule is CCc1nnc(C)cc1C(=O)NCCCBr. The quantitative estimate of drug-likeness (QED) is 0.664. The fraction of sp³-hybridized carbons (Fsp3) is 0.545. The third kappa shape index (κ3) is 3.56. The molecule has 0 aliphatic heterocycles. The summed E-state index contributed by atoms with van der Waals surface area (Å²) in [6.07, 6.45) is 1.64. The van der Waals surface area contributed by atoms with Crippen molar-refractivity contribution in [3.63, 3.8) is 0 Å². The molecule has 0 aliphatic carbocycles. The second-order valence-electron chi connectivity index (χ2n) is 3.50. The van der Waals surface area contributed by atoms with Gasteiger partial charge >= 0.3 is 0 Å². The lowest BCUT2D eigenvalue weighted by Gasteiger charge is -2.07. The van der Waals surface area contributed by atoms with E-state index in [2.05, 4.69) is 31.4 Å². The molecular formula is C11H16BrN3O. The van der Waals surface area contributed by atoms with Gasteiger partial charge in [-0.05, 0) is 25.8 Å². The minimum absolute atomic E-state index is 0.0594. The average molecular weight is 286 g/mol. The number of amides is 1. The number of aryl methyl sites for hydroxylation is 2. The Morgan fingerprint density at radius 2 is 2.25 bits per heavy atom. The zero-order valence-electron chi connectivity index (χ0n) is 9.59. The second-order valence-corrected chi connectivity index (χ2v) is 4.29. The van der Waals surface area contributed by atoms with E-state index in [1.165, 1.54) is 0 Å². The van der Waals surface area contributed by atoms with Crippen molar-refractivity contribution in [1.29, 1.82) is 0 Å². The Hall–Kier alpha value is -0.970. The Balaban J connectivity index is 2.76. The normalized spacial score (nSPS) is 10.2. The summed E-state index contributed by atoms with van der Waals surface area (Å²) in [6.45, 7) is 4.48. The lowest BCUT2D eigenvalue weighted by Crippen LogP contribution is -2.26. The third-order valence-electron chi connectivity index (χ3n) is 2.17. The smallest absolute Gasteiger partial charge is 0.253 e. The fourth-order valence-corrected chi connectivity index (χ4v) is 1.62. The van der Waals surface area contributed by atoms with Crippen LogP contribution in [-0.2, 0) is 6.42 Å². The van der Waals surface area contributed by atoms with Crippen LogP contribution < -0.4 is 5.32 Å². The Labute approximate surface area is 104 Å². The van der Waals surface area contributed by atoms with E-state index in [4.69, 9.17) is 0 Å². The number of carbonyl (C=O) groups is 1. The Morgan fingerprint density at radius 3 is 2.88 bits per heavy atom. The van der Waals surface area contributed by atoms with Crippen LogP contribution >= 0.6 is 15.9 Å². The Morgan fingerprint density at radius 1 is 1.50 bits per heavy atom. The first-order valence-corrected chi connectivity index (χ1v) is 6.48. The van der Waals surface area contributed by atoms with Gasteiger partial charge in [0.05, 0.1) is 17.0 Å². The summed E-state index contributed by atoms with van der Waals surface area (Å²) in [5.74, 6) is -0.0594. The van der Waals surface area contributed by atoms with Crippen LogP contribution in [0.15, 0.2) is 6.07 Å². The van der Waals surface area contributed by atoms with Gasteiger partial charge in [0, 0.05) is 11.9 Å². The van der Waals surface area contributed by atoms with Gasteiger partial charge in [-0.2, -0.15) is 10.2 Å². The van der Waals surface area contributed by atoms with Crippen molar-refractivity contribution in [2.45, 2.75) is 26.7 Å². The Kier molecular flexibility index (Phi) is 5.38. The molecule has 1 amide bonds. The number of carbonyl (C=O) groups excluding carboxylic acids is 1. The molecular weight excluding hydrogens is 270 g/mol. The molecule has 0 saturated carbocycles. The molecule has 0 aromatic carbocycles. The monoisotopic (exact) mass is 285 g/mol. The van der Waals surface area contributed by atoms with Crippen LogP contribution in [0.25, 0.3) is 0 Å². The van der Waals surface area contributed by atoms with Crippen LogP contribution in [0.3, 0.4) is 0 Å². The first kappa shape index (κ1) is 13.1. The van der Waals surface area contributed by atoms with Gasteiger partial charge < -0.3 is 5.32 Å². The standard InChI is InChI=1S/C11H16BrN3O/c1-3-10-9(7-8(2)14-15-10)11(16)13-6-4-5-12/h7H,3-6H2,1-2H3,(H,13,16). The van der Waals surface area contributed by atoms with Crippen molar-refractivity contribution in [2.75, 3.05) is 11.9 Å². The molecule has 1 N–H and O–H groups in total. The molecule has 0 atom stereocenters. The number of rotatable bonds is 5. The summed E-state index contributed by atoms with van der Waals surface area (Å²) in [6, 6.07) is 1.79. The first-order chi connectivity index (χ1) is 7.69. The van der Waals surface area contributed by atoms with E-state index in [-0.39, 0.29) is 5.91 Å². The molecule has 0 saturated heterocycles. The topological polar surface area (TPSA) is 54.9 Å². The molecule has 0 spiro atoms. The number of hydrogen-bond donors (Lipinski definition) is 1. The van der Waals surface area contributed by atoms with Crippen LogP contribution in [0.5, 0.6) is 0 Å². The van der Waals surface area contributed by atoms with Gasteiger partial charge in [-0.15, -0.1) is 0 Å². The molecule has 0 bridgehead atoms. The molecule has 0 unspecified atom stereocenters. The summed E-state index contributed by atoms with van der Waals surface area (Å²) in [7, 11) is 0. The van der Waals surface area contributed by atoms with Crippen molar-refractivity contribution in [1.82, 2.24) is 15.5 Å². The summed E-state index contributed by atoms with van der Waals surface area (Å²) in [4.78, 5) is 11.9. The fourth-order valence-electron chi connectivity index (χ4n) is 1.34. The lowest BCUT2D eigenvalue weighted by molar-refractivity contribution is 0.0952. The highest BCUT2D eigenvalue weighted by atomic mass is 79.9. The average Bonchev–Trinajstić information content (AvgIpc) is 2.29. The van der Waals surface area contributed by atoms with E-state index < -0.39 is 0 Å². The molecule has 0 aliphatic rings. The number of hydrogen-bond acceptors (Lipinski definition) is 3.